The Balaban J connectivity index is 1.87. The number of carbonyl (C=O) groups is 1. The summed E-state index contributed by atoms with van der Waals surface area (Å²) < 4.78 is 39.3. The molecule has 0 radical (unpaired) electrons. The van der Waals surface area contributed by atoms with Crippen molar-refractivity contribution in [3.8, 4) is 11.3 Å². The molecular formula is C20H18F3N3O. The Morgan fingerprint density at radius 2 is 1.63 bits per heavy atom. The van der Waals surface area contributed by atoms with Crippen LogP contribution in [0.1, 0.15) is 21.9 Å². The van der Waals surface area contributed by atoms with Gasteiger partial charge in [0.1, 0.15) is 11.4 Å². The van der Waals surface area contributed by atoms with Crippen molar-refractivity contribution < 1.29 is 18.0 Å². The van der Waals surface area contributed by atoms with E-state index >= 15 is 0 Å². The van der Waals surface area contributed by atoms with Crippen molar-refractivity contribution >= 4 is 5.91 Å². The second-order valence-corrected chi connectivity index (χ2v) is 6.14. The van der Waals surface area contributed by atoms with E-state index in [1.165, 1.54) is 4.90 Å². The van der Waals surface area contributed by atoms with Crippen molar-refractivity contribution in [2.75, 3.05) is 13.6 Å². The van der Waals surface area contributed by atoms with Crippen molar-refractivity contribution in [3.05, 3.63) is 77.7 Å². The summed E-state index contributed by atoms with van der Waals surface area (Å²) in [5.41, 5.74) is 1.33. The molecule has 0 bridgehead atoms. The number of hydrogen-bond acceptors (Lipinski definition) is 2. The van der Waals surface area contributed by atoms with Crippen LogP contribution in [0.4, 0.5) is 13.2 Å². The van der Waals surface area contributed by atoms with E-state index in [2.05, 4.69) is 9.97 Å². The molecule has 1 amide bonds. The van der Waals surface area contributed by atoms with Crippen molar-refractivity contribution in [1.29, 1.82) is 0 Å². The summed E-state index contributed by atoms with van der Waals surface area (Å²) in [5.74, 6) is -1.71. The molecule has 3 aromatic rings. The van der Waals surface area contributed by atoms with Gasteiger partial charge in [-0.25, -0.2) is 4.98 Å². The van der Waals surface area contributed by atoms with Gasteiger partial charge in [0.2, 0.25) is 5.82 Å². The van der Waals surface area contributed by atoms with Crippen LogP contribution in [0.3, 0.4) is 0 Å². The lowest BCUT2D eigenvalue weighted by atomic mass is 10.1. The first-order chi connectivity index (χ1) is 12.9. The fourth-order valence-corrected chi connectivity index (χ4v) is 2.70. The van der Waals surface area contributed by atoms with Gasteiger partial charge in [-0.2, -0.15) is 13.2 Å². The third kappa shape index (κ3) is 4.36. The number of carbonyl (C=O) groups excluding carboxylic acids is 1. The first-order valence-electron chi connectivity index (χ1n) is 8.38. The predicted octanol–water partition coefficient (Wildman–Crippen LogP) is 4.41. The number of halogens is 3. The lowest BCUT2D eigenvalue weighted by Crippen LogP contribution is -2.29. The van der Waals surface area contributed by atoms with Crippen molar-refractivity contribution in [3.63, 3.8) is 0 Å². The molecule has 0 saturated carbocycles. The van der Waals surface area contributed by atoms with Crippen LogP contribution in [0, 0.1) is 0 Å². The van der Waals surface area contributed by atoms with Gasteiger partial charge >= 0.3 is 6.18 Å². The van der Waals surface area contributed by atoms with E-state index in [9.17, 15) is 18.0 Å². The van der Waals surface area contributed by atoms with Crippen LogP contribution in [0.25, 0.3) is 11.3 Å². The van der Waals surface area contributed by atoms with Crippen LogP contribution in [-0.4, -0.2) is 34.4 Å². The largest absolute Gasteiger partial charge is 0.449 e. The number of hydrogen-bond donors (Lipinski definition) is 1. The maximum Gasteiger partial charge on any atom is 0.449 e. The highest BCUT2D eigenvalue weighted by molar-refractivity contribution is 5.98. The van der Waals surface area contributed by atoms with E-state index in [1.807, 2.05) is 30.3 Å². The Morgan fingerprint density at radius 1 is 1.04 bits per heavy atom. The van der Waals surface area contributed by atoms with Crippen LogP contribution in [-0.2, 0) is 12.6 Å². The number of nitrogens with zero attached hydrogens (tertiary/aromatic N) is 2. The summed E-state index contributed by atoms with van der Waals surface area (Å²) in [6, 6.07) is 17.9. The molecule has 0 unspecified atom stereocenters. The van der Waals surface area contributed by atoms with Gasteiger partial charge in [0.25, 0.3) is 5.91 Å². The Morgan fingerprint density at radius 3 is 2.22 bits per heavy atom. The van der Waals surface area contributed by atoms with E-state index in [-0.39, 0.29) is 11.4 Å². The van der Waals surface area contributed by atoms with Crippen molar-refractivity contribution in [1.82, 2.24) is 14.9 Å². The number of aromatic amines is 1. The topological polar surface area (TPSA) is 49.0 Å². The summed E-state index contributed by atoms with van der Waals surface area (Å²) in [4.78, 5) is 20.0. The molecule has 3 rings (SSSR count). The highest BCUT2D eigenvalue weighted by Gasteiger charge is 2.37. The summed E-state index contributed by atoms with van der Waals surface area (Å²) >= 11 is 0. The number of alkyl halides is 3. The number of rotatable bonds is 5. The quantitative estimate of drug-likeness (QED) is 0.720. The molecule has 27 heavy (non-hydrogen) atoms. The minimum Gasteiger partial charge on any atom is -0.340 e. The van der Waals surface area contributed by atoms with Crippen LogP contribution < -0.4 is 0 Å². The van der Waals surface area contributed by atoms with Crippen LogP contribution in [0.2, 0.25) is 0 Å². The fraction of sp³-hybridized carbons (Fsp3) is 0.200. The van der Waals surface area contributed by atoms with Crippen LogP contribution in [0.15, 0.2) is 60.7 Å². The smallest absolute Gasteiger partial charge is 0.340 e. The summed E-state index contributed by atoms with van der Waals surface area (Å²) in [6.07, 6.45) is -4.06. The minimum atomic E-state index is -4.66. The molecule has 0 aliphatic carbocycles. The molecule has 0 spiro atoms. The molecule has 1 N–H and O–H groups in total. The Kier molecular flexibility index (Phi) is 5.30. The molecule has 1 heterocycles. The first kappa shape index (κ1) is 18.7. The van der Waals surface area contributed by atoms with Gasteiger partial charge in [-0.15, -0.1) is 0 Å². The summed E-state index contributed by atoms with van der Waals surface area (Å²) in [6.45, 7) is 0.372. The maximum absolute atomic E-state index is 13.1. The third-order valence-electron chi connectivity index (χ3n) is 4.16. The number of H-pyrrole nitrogens is 1. The molecule has 4 nitrogen and oxygen atoms in total. The summed E-state index contributed by atoms with van der Waals surface area (Å²) in [5, 5.41) is 0. The van der Waals surface area contributed by atoms with E-state index < -0.39 is 17.9 Å². The SMILES string of the molecule is CN(CCc1ccccc1)C(=O)c1[nH]c(C(F)(F)F)nc1-c1ccccc1. The van der Waals surface area contributed by atoms with Gasteiger partial charge in [-0.05, 0) is 12.0 Å². The van der Waals surface area contributed by atoms with Crippen molar-refractivity contribution in [2.24, 2.45) is 0 Å². The van der Waals surface area contributed by atoms with E-state index in [4.69, 9.17) is 0 Å². The molecule has 0 fully saturated rings. The number of amides is 1. The second-order valence-electron chi connectivity index (χ2n) is 6.14. The molecule has 2 aromatic carbocycles. The Bertz CT molecular complexity index is 905. The molecular weight excluding hydrogens is 355 g/mol. The highest BCUT2D eigenvalue weighted by atomic mass is 19.4. The Hall–Kier alpha value is -3.09. The van der Waals surface area contributed by atoms with E-state index in [0.717, 1.165) is 5.56 Å². The molecule has 1 aromatic heterocycles. The van der Waals surface area contributed by atoms with Gasteiger partial charge in [0, 0.05) is 19.2 Å². The number of likely N-dealkylation sites (N-methyl/N-ethyl adjacent to an activating group) is 1. The molecule has 0 atom stereocenters. The highest BCUT2D eigenvalue weighted by Crippen LogP contribution is 2.31. The van der Waals surface area contributed by atoms with Crippen molar-refractivity contribution in [2.45, 2.75) is 12.6 Å². The van der Waals surface area contributed by atoms with Crippen LogP contribution in [0.5, 0.6) is 0 Å². The lowest BCUT2D eigenvalue weighted by Gasteiger charge is -2.17. The average Bonchev–Trinajstić information content (AvgIpc) is 3.13. The third-order valence-corrected chi connectivity index (χ3v) is 4.16. The van der Waals surface area contributed by atoms with Gasteiger partial charge in [-0.1, -0.05) is 60.7 Å². The fourth-order valence-electron chi connectivity index (χ4n) is 2.70. The molecule has 140 valence electrons. The number of benzene rings is 2. The maximum atomic E-state index is 13.1. The average molecular weight is 373 g/mol. The normalized spacial score (nSPS) is 11.4. The summed E-state index contributed by atoms with van der Waals surface area (Å²) in [7, 11) is 1.56. The Labute approximate surface area is 154 Å². The van der Waals surface area contributed by atoms with Crippen LogP contribution >= 0.6 is 0 Å². The predicted molar refractivity (Wildman–Crippen MR) is 96.1 cm³/mol. The molecule has 0 saturated heterocycles. The van der Waals surface area contributed by atoms with Gasteiger partial charge in [0.15, 0.2) is 0 Å². The second kappa shape index (κ2) is 7.65. The minimum absolute atomic E-state index is 0.000476. The van der Waals surface area contributed by atoms with Gasteiger partial charge in [0.05, 0.1) is 0 Å². The number of aromatic nitrogens is 2. The number of imidazole rings is 1. The monoisotopic (exact) mass is 373 g/mol. The lowest BCUT2D eigenvalue weighted by molar-refractivity contribution is -0.144. The van der Waals surface area contributed by atoms with Gasteiger partial charge < -0.3 is 9.88 Å². The van der Waals surface area contributed by atoms with E-state index in [0.29, 0.717) is 18.5 Å². The first-order valence-corrected chi connectivity index (χ1v) is 8.38. The molecule has 0 aliphatic heterocycles. The number of nitrogens with one attached hydrogen (secondary N) is 1. The standard InChI is InChI=1S/C20H18F3N3O/c1-26(13-12-14-8-4-2-5-9-14)18(27)17-16(15-10-6-3-7-11-15)24-19(25-17)20(21,22)23/h2-11H,12-13H2,1H3,(H,24,25). The zero-order valence-electron chi connectivity index (χ0n) is 14.6. The van der Waals surface area contributed by atoms with E-state index in [1.54, 1.807) is 37.4 Å². The zero-order chi connectivity index (χ0) is 19.4. The molecule has 0 aliphatic rings. The van der Waals surface area contributed by atoms with Gasteiger partial charge in [-0.3, -0.25) is 4.79 Å². The molecule has 7 heteroatoms. The zero-order valence-corrected chi connectivity index (χ0v) is 14.6.